The molecule has 0 saturated carbocycles. The van der Waals surface area contributed by atoms with E-state index in [1.165, 1.54) is 6.42 Å². The van der Waals surface area contributed by atoms with Crippen LogP contribution in [-0.2, 0) is 4.79 Å². The van der Waals surface area contributed by atoms with Gasteiger partial charge in [0.15, 0.2) is 0 Å². The Hall–Kier alpha value is -1.30. The molecule has 1 unspecified atom stereocenters. The monoisotopic (exact) mass is 285 g/mol. The van der Waals surface area contributed by atoms with Crippen molar-refractivity contribution in [2.75, 3.05) is 27.2 Å². The summed E-state index contributed by atoms with van der Waals surface area (Å²) >= 11 is 0. The molecule has 1 atom stereocenters. The van der Waals surface area contributed by atoms with Crippen molar-refractivity contribution >= 4 is 12.0 Å². The molecule has 2 N–H and O–H groups in total. The highest BCUT2D eigenvalue weighted by Crippen LogP contribution is 2.16. The molecule has 1 rings (SSSR count). The average molecular weight is 285 g/mol. The molecule has 6 heteroatoms. The number of carbonyl (C=O) groups excluding carboxylic acids is 1. The van der Waals surface area contributed by atoms with Gasteiger partial charge in [-0.25, -0.2) is 4.79 Å². The summed E-state index contributed by atoms with van der Waals surface area (Å²) in [7, 11) is 3.87. The lowest BCUT2D eigenvalue weighted by atomic mass is 9.99. The molecular formula is C14H27N3O3. The Kier molecular flexibility index (Phi) is 5.80. The SMILES string of the molecule is CN(CC1CCCN1C)C(=O)NC(C)(C)CCC(=O)O. The van der Waals surface area contributed by atoms with E-state index in [0.717, 1.165) is 13.0 Å². The molecule has 6 nitrogen and oxygen atoms in total. The maximum Gasteiger partial charge on any atom is 0.317 e. The molecular weight excluding hydrogens is 258 g/mol. The molecule has 1 aliphatic rings. The summed E-state index contributed by atoms with van der Waals surface area (Å²) in [5, 5.41) is 11.6. The van der Waals surface area contributed by atoms with Crippen molar-refractivity contribution in [3.05, 3.63) is 0 Å². The van der Waals surface area contributed by atoms with Crippen LogP contribution >= 0.6 is 0 Å². The lowest BCUT2D eigenvalue weighted by Crippen LogP contribution is -2.51. The zero-order chi connectivity index (χ0) is 15.3. The Balaban J connectivity index is 2.42. The number of hydrogen-bond acceptors (Lipinski definition) is 3. The Morgan fingerprint density at radius 1 is 1.45 bits per heavy atom. The van der Waals surface area contributed by atoms with E-state index < -0.39 is 11.5 Å². The first-order valence-corrected chi connectivity index (χ1v) is 7.16. The molecule has 20 heavy (non-hydrogen) atoms. The third kappa shape index (κ3) is 5.36. The maximum absolute atomic E-state index is 12.1. The zero-order valence-corrected chi connectivity index (χ0v) is 13.0. The van der Waals surface area contributed by atoms with E-state index in [2.05, 4.69) is 17.3 Å². The number of likely N-dealkylation sites (tertiary alicyclic amines) is 1. The van der Waals surface area contributed by atoms with Crippen LogP contribution in [0.5, 0.6) is 0 Å². The summed E-state index contributed by atoms with van der Waals surface area (Å²) in [5.41, 5.74) is -0.509. The highest BCUT2D eigenvalue weighted by Gasteiger charge is 2.27. The molecule has 0 bridgehead atoms. The van der Waals surface area contributed by atoms with Gasteiger partial charge >= 0.3 is 12.0 Å². The largest absolute Gasteiger partial charge is 0.481 e. The second kappa shape index (κ2) is 6.92. The fourth-order valence-corrected chi connectivity index (χ4v) is 2.48. The number of nitrogens with zero attached hydrogens (tertiary/aromatic N) is 2. The van der Waals surface area contributed by atoms with Gasteiger partial charge in [-0.3, -0.25) is 4.79 Å². The number of amides is 2. The van der Waals surface area contributed by atoms with Crippen LogP contribution in [0.15, 0.2) is 0 Å². The summed E-state index contributed by atoms with van der Waals surface area (Å²) < 4.78 is 0. The minimum Gasteiger partial charge on any atom is -0.481 e. The topological polar surface area (TPSA) is 72.9 Å². The number of hydrogen-bond donors (Lipinski definition) is 2. The van der Waals surface area contributed by atoms with Crippen molar-refractivity contribution in [2.24, 2.45) is 0 Å². The quantitative estimate of drug-likeness (QED) is 0.773. The predicted molar refractivity (Wildman–Crippen MR) is 77.8 cm³/mol. The van der Waals surface area contributed by atoms with Crippen LogP contribution < -0.4 is 5.32 Å². The molecule has 0 aromatic heterocycles. The Morgan fingerprint density at radius 3 is 2.60 bits per heavy atom. The van der Waals surface area contributed by atoms with E-state index in [1.807, 2.05) is 13.8 Å². The Morgan fingerprint density at radius 2 is 2.10 bits per heavy atom. The molecule has 0 aromatic rings. The van der Waals surface area contributed by atoms with Crippen molar-refractivity contribution < 1.29 is 14.7 Å². The van der Waals surface area contributed by atoms with Crippen LogP contribution in [0, 0.1) is 0 Å². The molecule has 1 heterocycles. The summed E-state index contributed by atoms with van der Waals surface area (Å²) in [4.78, 5) is 26.7. The number of nitrogens with one attached hydrogen (secondary N) is 1. The molecule has 116 valence electrons. The number of carboxylic acids is 1. The van der Waals surface area contributed by atoms with Gasteiger partial charge in [0, 0.05) is 31.6 Å². The molecule has 0 aromatic carbocycles. The summed E-state index contributed by atoms with van der Waals surface area (Å²) in [6.07, 6.45) is 2.78. The van der Waals surface area contributed by atoms with Crippen LogP contribution in [-0.4, -0.2) is 65.7 Å². The first kappa shape index (κ1) is 16.8. The van der Waals surface area contributed by atoms with Gasteiger partial charge in [-0.2, -0.15) is 0 Å². The highest BCUT2D eigenvalue weighted by molar-refractivity contribution is 5.75. The molecule has 1 fully saturated rings. The lowest BCUT2D eigenvalue weighted by Gasteiger charge is -2.31. The van der Waals surface area contributed by atoms with Gasteiger partial charge in [-0.15, -0.1) is 0 Å². The predicted octanol–water partition coefficient (Wildman–Crippen LogP) is 1.37. The molecule has 0 aliphatic carbocycles. The first-order valence-electron chi connectivity index (χ1n) is 7.16. The van der Waals surface area contributed by atoms with E-state index in [4.69, 9.17) is 5.11 Å². The van der Waals surface area contributed by atoms with Gasteiger partial charge in [0.05, 0.1) is 0 Å². The highest BCUT2D eigenvalue weighted by atomic mass is 16.4. The Bertz CT molecular complexity index is 358. The number of aliphatic carboxylic acids is 1. The smallest absolute Gasteiger partial charge is 0.317 e. The van der Waals surface area contributed by atoms with Gasteiger partial charge in [0.1, 0.15) is 0 Å². The maximum atomic E-state index is 12.1. The zero-order valence-electron chi connectivity index (χ0n) is 13.0. The first-order chi connectivity index (χ1) is 9.21. The van der Waals surface area contributed by atoms with Crippen molar-refractivity contribution in [3.63, 3.8) is 0 Å². The van der Waals surface area contributed by atoms with Crippen LogP contribution in [0.3, 0.4) is 0 Å². The Labute approximate surface area is 121 Å². The second-order valence-electron chi connectivity index (χ2n) is 6.36. The van der Waals surface area contributed by atoms with Gasteiger partial charge in [0.2, 0.25) is 0 Å². The number of likely N-dealkylation sites (N-methyl/N-ethyl adjacent to an activating group) is 2. The number of carboxylic acid groups (broad SMARTS) is 1. The lowest BCUT2D eigenvalue weighted by molar-refractivity contribution is -0.137. The van der Waals surface area contributed by atoms with Gasteiger partial charge in [0.25, 0.3) is 0 Å². The average Bonchev–Trinajstić information content (AvgIpc) is 2.72. The second-order valence-corrected chi connectivity index (χ2v) is 6.36. The van der Waals surface area contributed by atoms with Gasteiger partial charge < -0.3 is 20.2 Å². The molecule has 1 aliphatic heterocycles. The normalized spacial score (nSPS) is 19.9. The summed E-state index contributed by atoms with van der Waals surface area (Å²) in [6, 6.07) is 0.286. The number of rotatable bonds is 6. The molecule has 0 spiro atoms. The minimum absolute atomic E-state index is 0.0579. The van der Waals surface area contributed by atoms with E-state index in [-0.39, 0.29) is 12.5 Å². The molecule has 0 radical (unpaired) electrons. The van der Waals surface area contributed by atoms with Crippen molar-refractivity contribution in [2.45, 2.75) is 51.1 Å². The van der Waals surface area contributed by atoms with Crippen molar-refractivity contribution in [3.8, 4) is 0 Å². The van der Waals surface area contributed by atoms with E-state index >= 15 is 0 Å². The molecule has 2 amide bonds. The van der Waals surface area contributed by atoms with Gasteiger partial charge in [-0.05, 0) is 46.7 Å². The van der Waals surface area contributed by atoms with Gasteiger partial charge in [-0.1, -0.05) is 0 Å². The fourth-order valence-electron chi connectivity index (χ4n) is 2.48. The fraction of sp³-hybridized carbons (Fsp3) is 0.857. The van der Waals surface area contributed by atoms with Crippen LogP contribution in [0.25, 0.3) is 0 Å². The van der Waals surface area contributed by atoms with E-state index in [1.54, 1.807) is 11.9 Å². The number of carbonyl (C=O) groups is 2. The summed E-state index contributed by atoms with van der Waals surface area (Å²) in [5.74, 6) is -0.840. The van der Waals surface area contributed by atoms with Crippen molar-refractivity contribution in [1.82, 2.24) is 15.1 Å². The third-order valence-electron chi connectivity index (χ3n) is 3.91. The van der Waals surface area contributed by atoms with E-state index in [9.17, 15) is 9.59 Å². The van der Waals surface area contributed by atoms with Crippen LogP contribution in [0.2, 0.25) is 0 Å². The van der Waals surface area contributed by atoms with E-state index in [0.29, 0.717) is 19.0 Å². The van der Waals surface area contributed by atoms with Crippen molar-refractivity contribution in [1.29, 1.82) is 0 Å². The van der Waals surface area contributed by atoms with Crippen LogP contribution in [0.4, 0.5) is 4.79 Å². The minimum atomic E-state index is -0.840. The number of urea groups is 1. The standard InChI is InChI=1S/C14H27N3O3/c1-14(2,8-7-12(18)19)15-13(20)17(4)10-11-6-5-9-16(11)3/h11H,5-10H2,1-4H3,(H,15,20)(H,18,19). The van der Waals surface area contributed by atoms with Crippen LogP contribution in [0.1, 0.15) is 39.5 Å². The molecule has 1 saturated heterocycles. The third-order valence-corrected chi connectivity index (χ3v) is 3.91. The summed E-state index contributed by atoms with van der Waals surface area (Å²) in [6.45, 7) is 5.49.